The minimum Gasteiger partial charge on any atom is -0.391 e. The molecule has 1 spiro atoms. The number of hydrogen-bond acceptors (Lipinski definition) is 6. The van der Waals surface area contributed by atoms with Crippen molar-refractivity contribution in [1.29, 1.82) is 0 Å². The second-order valence-corrected chi connectivity index (χ2v) is 9.77. The van der Waals surface area contributed by atoms with Gasteiger partial charge in [0.1, 0.15) is 18.0 Å². The summed E-state index contributed by atoms with van der Waals surface area (Å²) in [4.78, 5) is 25.4. The standard InChI is InChI=1S/C21H28O6/c1-18-6-4-13(23)8-12(18)2-3-14-15-5-7-20(25)19(15,9-16(24)17(14)18)11-27-21(20,26)10-22/h8,14-15,17,22,25-26H,2-7,9-11H2,1H3/t14-,15-,17+,18-,19+,20+,21+/m0/s1. The maximum atomic E-state index is 13.5. The third-order valence-corrected chi connectivity index (χ3v) is 8.95. The summed E-state index contributed by atoms with van der Waals surface area (Å²) in [6, 6.07) is 0. The number of ether oxygens (including phenoxy) is 1. The molecule has 4 aliphatic carbocycles. The molecule has 0 aromatic rings. The topological polar surface area (TPSA) is 104 Å². The zero-order valence-corrected chi connectivity index (χ0v) is 15.7. The third kappa shape index (κ3) is 1.90. The molecule has 148 valence electrons. The van der Waals surface area contributed by atoms with Gasteiger partial charge in [-0.25, -0.2) is 0 Å². The van der Waals surface area contributed by atoms with E-state index in [1.165, 1.54) is 0 Å². The van der Waals surface area contributed by atoms with Crippen LogP contribution < -0.4 is 0 Å². The molecule has 0 amide bonds. The summed E-state index contributed by atoms with van der Waals surface area (Å²) in [5.41, 5.74) is -1.56. The average Bonchev–Trinajstić information content (AvgIpc) is 3.04. The highest BCUT2D eigenvalue weighted by molar-refractivity contribution is 5.93. The lowest BCUT2D eigenvalue weighted by atomic mass is 9.45. The van der Waals surface area contributed by atoms with Gasteiger partial charge in [-0.05, 0) is 55.4 Å². The predicted octanol–water partition coefficient (Wildman–Crippen LogP) is 1.12. The van der Waals surface area contributed by atoms with Crippen LogP contribution in [0.15, 0.2) is 11.6 Å². The van der Waals surface area contributed by atoms with Gasteiger partial charge in [0.05, 0.1) is 6.61 Å². The first-order valence-electron chi connectivity index (χ1n) is 10.2. The largest absolute Gasteiger partial charge is 0.391 e. The Hall–Kier alpha value is -1.08. The number of fused-ring (bicyclic) bond motifs is 4. The molecule has 0 aromatic heterocycles. The average molecular weight is 376 g/mol. The molecule has 4 fully saturated rings. The molecule has 0 radical (unpaired) electrons. The van der Waals surface area contributed by atoms with Crippen molar-refractivity contribution in [3.8, 4) is 0 Å². The fourth-order valence-electron chi connectivity index (χ4n) is 7.60. The van der Waals surface area contributed by atoms with Crippen LogP contribution >= 0.6 is 0 Å². The van der Waals surface area contributed by atoms with E-state index in [9.17, 15) is 24.9 Å². The number of allylic oxidation sites excluding steroid dienone is 1. The molecule has 1 saturated heterocycles. The molecular formula is C21H28O6. The molecular weight excluding hydrogens is 348 g/mol. The van der Waals surface area contributed by atoms with Crippen molar-refractivity contribution in [2.24, 2.45) is 28.6 Å². The number of hydrogen-bond donors (Lipinski definition) is 3. The van der Waals surface area contributed by atoms with Gasteiger partial charge in [-0.1, -0.05) is 12.5 Å². The monoisotopic (exact) mass is 376 g/mol. The Morgan fingerprint density at radius 1 is 1.19 bits per heavy atom. The lowest BCUT2D eigenvalue weighted by molar-refractivity contribution is -0.277. The van der Waals surface area contributed by atoms with Gasteiger partial charge in [0.25, 0.3) is 0 Å². The predicted molar refractivity (Wildman–Crippen MR) is 94.4 cm³/mol. The molecule has 3 N–H and O–H groups in total. The highest BCUT2D eigenvalue weighted by Gasteiger charge is 2.77. The number of rotatable bonds is 1. The van der Waals surface area contributed by atoms with Gasteiger partial charge in [-0.15, -0.1) is 0 Å². The van der Waals surface area contributed by atoms with Crippen molar-refractivity contribution in [2.75, 3.05) is 13.2 Å². The van der Waals surface area contributed by atoms with Crippen LogP contribution in [-0.4, -0.2) is 51.5 Å². The van der Waals surface area contributed by atoms with Gasteiger partial charge in [0.15, 0.2) is 5.78 Å². The van der Waals surface area contributed by atoms with Crippen molar-refractivity contribution >= 4 is 11.6 Å². The normalized spacial score (nSPS) is 54.1. The van der Waals surface area contributed by atoms with E-state index in [1.54, 1.807) is 6.08 Å². The van der Waals surface area contributed by atoms with E-state index in [-0.39, 0.29) is 47.8 Å². The summed E-state index contributed by atoms with van der Waals surface area (Å²) in [7, 11) is 0. The Morgan fingerprint density at radius 2 is 1.96 bits per heavy atom. The molecule has 5 aliphatic rings. The minimum atomic E-state index is -1.99. The van der Waals surface area contributed by atoms with E-state index in [0.717, 1.165) is 24.8 Å². The third-order valence-electron chi connectivity index (χ3n) is 8.95. The summed E-state index contributed by atoms with van der Waals surface area (Å²) in [5, 5.41) is 31.8. The van der Waals surface area contributed by atoms with Crippen LogP contribution in [0.5, 0.6) is 0 Å². The molecule has 27 heavy (non-hydrogen) atoms. The van der Waals surface area contributed by atoms with Crippen molar-refractivity contribution in [3.63, 3.8) is 0 Å². The van der Waals surface area contributed by atoms with E-state index < -0.39 is 23.4 Å². The highest BCUT2D eigenvalue weighted by Crippen LogP contribution is 2.70. The Labute approximate surface area is 158 Å². The summed E-state index contributed by atoms with van der Waals surface area (Å²) in [5.74, 6) is -1.64. The fraction of sp³-hybridized carbons (Fsp3) is 0.810. The zero-order chi connectivity index (χ0) is 19.2. The van der Waals surface area contributed by atoms with Crippen LogP contribution in [0.4, 0.5) is 0 Å². The summed E-state index contributed by atoms with van der Waals surface area (Å²) >= 11 is 0. The van der Waals surface area contributed by atoms with E-state index in [2.05, 4.69) is 6.92 Å². The maximum absolute atomic E-state index is 13.5. The Kier molecular flexibility index (Phi) is 3.52. The molecule has 0 unspecified atom stereocenters. The van der Waals surface area contributed by atoms with Crippen molar-refractivity contribution in [2.45, 2.75) is 63.3 Å². The number of aliphatic hydroxyl groups excluding tert-OH is 1. The SMILES string of the molecule is C[C@]12CCC(=O)C=C1CC[C@H]1[C@@H]3CC[C@@]4(O)[C@@]3(CO[C@]4(O)CO)CC(=O)[C@@H]12. The van der Waals surface area contributed by atoms with Gasteiger partial charge in [-0.3, -0.25) is 9.59 Å². The van der Waals surface area contributed by atoms with Crippen LogP contribution in [0.3, 0.4) is 0 Å². The second-order valence-electron chi connectivity index (χ2n) is 9.77. The molecule has 0 bridgehead atoms. The molecule has 6 heteroatoms. The second kappa shape index (κ2) is 5.29. The van der Waals surface area contributed by atoms with E-state index in [0.29, 0.717) is 19.3 Å². The van der Waals surface area contributed by atoms with Gasteiger partial charge >= 0.3 is 0 Å². The van der Waals surface area contributed by atoms with Crippen LogP contribution in [0.2, 0.25) is 0 Å². The van der Waals surface area contributed by atoms with Gasteiger partial charge in [0.2, 0.25) is 5.79 Å². The minimum absolute atomic E-state index is 0.0850. The van der Waals surface area contributed by atoms with E-state index in [1.807, 2.05) is 0 Å². The summed E-state index contributed by atoms with van der Waals surface area (Å²) in [6.45, 7) is 1.57. The van der Waals surface area contributed by atoms with Crippen LogP contribution in [-0.2, 0) is 14.3 Å². The molecule has 1 aliphatic heterocycles. The van der Waals surface area contributed by atoms with E-state index in [4.69, 9.17) is 4.74 Å². The zero-order valence-electron chi connectivity index (χ0n) is 15.7. The summed E-state index contributed by atoms with van der Waals surface area (Å²) in [6.07, 6.45) is 5.85. The number of aliphatic hydroxyl groups is 3. The van der Waals surface area contributed by atoms with Crippen LogP contribution in [0.25, 0.3) is 0 Å². The number of carbonyl (C=O) groups excluding carboxylic acids is 2. The maximum Gasteiger partial charge on any atom is 0.219 e. The smallest absolute Gasteiger partial charge is 0.219 e. The van der Waals surface area contributed by atoms with Crippen molar-refractivity contribution in [1.82, 2.24) is 0 Å². The lowest BCUT2D eigenvalue weighted by Crippen LogP contribution is -2.63. The Balaban J connectivity index is 1.57. The summed E-state index contributed by atoms with van der Waals surface area (Å²) < 4.78 is 5.54. The molecule has 1 heterocycles. The number of carbonyl (C=O) groups is 2. The van der Waals surface area contributed by atoms with Crippen LogP contribution in [0, 0.1) is 28.6 Å². The van der Waals surface area contributed by atoms with Gasteiger partial charge < -0.3 is 20.1 Å². The van der Waals surface area contributed by atoms with Crippen LogP contribution in [0.1, 0.15) is 51.9 Å². The van der Waals surface area contributed by atoms with Crippen molar-refractivity contribution < 1.29 is 29.6 Å². The Morgan fingerprint density at radius 3 is 2.70 bits per heavy atom. The molecule has 7 atom stereocenters. The highest BCUT2D eigenvalue weighted by atomic mass is 16.7. The molecule has 5 rings (SSSR count). The fourth-order valence-corrected chi connectivity index (χ4v) is 7.60. The first kappa shape index (κ1) is 18.0. The molecule has 6 nitrogen and oxygen atoms in total. The number of Topliss-reactive ketones (excluding diaryl/α,β-unsaturated/α-hetero) is 1. The quantitative estimate of drug-likeness (QED) is 0.634. The Bertz CT molecular complexity index is 760. The number of ketones is 2. The lowest BCUT2D eigenvalue weighted by Gasteiger charge is -2.57. The first-order chi connectivity index (χ1) is 12.7. The van der Waals surface area contributed by atoms with Crippen molar-refractivity contribution in [3.05, 3.63) is 11.6 Å². The first-order valence-corrected chi connectivity index (χ1v) is 10.2. The molecule has 3 saturated carbocycles. The van der Waals surface area contributed by atoms with E-state index >= 15 is 0 Å². The van der Waals surface area contributed by atoms with Gasteiger partial charge in [-0.2, -0.15) is 0 Å². The molecule has 0 aromatic carbocycles. The van der Waals surface area contributed by atoms with Gasteiger partial charge in [0, 0.05) is 24.2 Å².